The third-order valence-corrected chi connectivity index (χ3v) is 3.13. The van der Waals surface area contributed by atoms with Crippen molar-refractivity contribution in [3.63, 3.8) is 0 Å². The Hall–Kier alpha value is -1.70. The monoisotopic (exact) mass is 275 g/mol. The summed E-state index contributed by atoms with van der Waals surface area (Å²) in [6.07, 6.45) is -3.25. The molecule has 0 N–H and O–H groups in total. The molecule has 0 fully saturated rings. The first kappa shape index (κ1) is 12.7. The number of carbonyl (C=O) groups is 1. The van der Waals surface area contributed by atoms with Crippen LogP contribution >= 0.6 is 11.3 Å². The molecular formula is C10H8F3N3OS. The predicted octanol–water partition coefficient (Wildman–Crippen LogP) is 2.33. The van der Waals surface area contributed by atoms with Crippen molar-refractivity contribution in [2.24, 2.45) is 0 Å². The van der Waals surface area contributed by atoms with Gasteiger partial charge in [-0.05, 0) is 11.4 Å². The number of thiophene rings is 1. The second-order valence-corrected chi connectivity index (χ2v) is 4.56. The largest absolute Gasteiger partial charge is 0.456 e. The summed E-state index contributed by atoms with van der Waals surface area (Å²) in [6.45, 7) is 0.388. The molecule has 4 nitrogen and oxygen atoms in total. The Bertz CT molecular complexity index is 533. The number of hydrogen-bond donors (Lipinski definition) is 0. The first-order chi connectivity index (χ1) is 8.47. The van der Waals surface area contributed by atoms with Gasteiger partial charge in [0.1, 0.15) is 0 Å². The average Bonchev–Trinajstić information content (AvgIpc) is 2.95. The van der Waals surface area contributed by atoms with Gasteiger partial charge in [0.25, 0.3) is 5.78 Å². The Kier molecular flexibility index (Phi) is 3.46. The van der Waals surface area contributed by atoms with E-state index in [1.165, 1.54) is 4.68 Å². The molecule has 0 aliphatic rings. The number of nitrogens with zero attached hydrogens (tertiary/aromatic N) is 3. The molecular weight excluding hydrogens is 267 g/mol. The highest BCUT2D eigenvalue weighted by Gasteiger charge is 2.41. The Balaban J connectivity index is 2.00. The minimum absolute atomic E-state index is 0.388. The van der Waals surface area contributed by atoms with Gasteiger partial charge in [0.05, 0.1) is 6.20 Å². The van der Waals surface area contributed by atoms with Gasteiger partial charge in [-0.15, -0.1) is 16.4 Å². The fourth-order valence-corrected chi connectivity index (χ4v) is 2.03. The second kappa shape index (κ2) is 4.89. The van der Waals surface area contributed by atoms with Crippen molar-refractivity contribution in [3.8, 4) is 0 Å². The van der Waals surface area contributed by atoms with E-state index in [1.54, 1.807) is 11.3 Å². The molecule has 0 amide bonds. The number of rotatable bonds is 4. The van der Waals surface area contributed by atoms with Gasteiger partial charge in [-0.3, -0.25) is 9.48 Å². The maximum absolute atomic E-state index is 12.1. The van der Waals surface area contributed by atoms with Gasteiger partial charge in [-0.25, -0.2) is 0 Å². The summed E-state index contributed by atoms with van der Waals surface area (Å²) in [7, 11) is 0. The van der Waals surface area contributed by atoms with Crippen molar-refractivity contribution in [3.05, 3.63) is 34.3 Å². The van der Waals surface area contributed by atoms with Gasteiger partial charge in [0.15, 0.2) is 5.69 Å². The van der Waals surface area contributed by atoms with Crippen molar-refractivity contribution >= 4 is 17.1 Å². The van der Waals surface area contributed by atoms with Crippen molar-refractivity contribution in [2.45, 2.75) is 19.1 Å². The lowest BCUT2D eigenvalue weighted by molar-refractivity contribution is -0.0888. The average molecular weight is 275 g/mol. The molecule has 0 unspecified atom stereocenters. The lowest BCUT2D eigenvalue weighted by Crippen LogP contribution is -2.23. The van der Waals surface area contributed by atoms with Crippen LogP contribution in [0.3, 0.4) is 0 Å². The van der Waals surface area contributed by atoms with Gasteiger partial charge in [0.2, 0.25) is 0 Å². The molecule has 8 heteroatoms. The van der Waals surface area contributed by atoms with Crippen molar-refractivity contribution in [2.75, 3.05) is 0 Å². The van der Waals surface area contributed by atoms with Crippen LogP contribution in [0.4, 0.5) is 13.2 Å². The third kappa shape index (κ3) is 2.95. The standard InChI is InChI=1S/C10H8F3N3OS/c11-10(12,13)9(17)8-6-16(15-14-8)4-3-7-2-1-5-18-7/h1-2,5-6H,3-4H2. The molecule has 0 saturated heterocycles. The smallest absolute Gasteiger partial charge is 0.282 e. The quantitative estimate of drug-likeness (QED) is 0.805. The van der Waals surface area contributed by atoms with E-state index >= 15 is 0 Å². The third-order valence-electron chi connectivity index (χ3n) is 2.20. The van der Waals surface area contributed by atoms with Crippen LogP contribution in [-0.4, -0.2) is 27.0 Å². The zero-order valence-electron chi connectivity index (χ0n) is 9.02. The van der Waals surface area contributed by atoms with E-state index in [1.807, 2.05) is 17.5 Å². The fourth-order valence-electron chi connectivity index (χ4n) is 1.34. The lowest BCUT2D eigenvalue weighted by atomic mass is 10.3. The zero-order valence-corrected chi connectivity index (χ0v) is 9.83. The summed E-state index contributed by atoms with van der Waals surface area (Å²) < 4.78 is 37.6. The molecule has 2 rings (SSSR count). The van der Waals surface area contributed by atoms with E-state index in [-0.39, 0.29) is 0 Å². The predicted molar refractivity (Wildman–Crippen MR) is 58.4 cm³/mol. The van der Waals surface area contributed by atoms with Gasteiger partial charge < -0.3 is 0 Å². The van der Waals surface area contributed by atoms with Crippen LogP contribution in [-0.2, 0) is 13.0 Å². The Morgan fingerprint density at radius 2 is 2.22 bits per heavy atom. The van der Waals surface area contributed by atoms with E-state index in [0.717, 1.165) is 11.1 Å². The Morgan fingerprint density at radius 1 is 1.44 bits per heavy atom. The molecule has 0 bridgehead atoms. The van der Waals surface area contributed by atoms with E-state index < -0.39 is 17.7 Å². The minimum Gasteiger partial charge on any atom is -0.282 e. The number of hydrogen-bond acceptors (Lipinski definition) is 4. The van der Waals surface area contributed by atoms with Gasteiger partial charge >= 0.3 is 6.18 Å². The molecule has 18 heavy (non-hydrogen) atoms. The number of aromatic nitrogens is 3. The molecule has 96 valence electrons. The minimum atomic E-state index is -4.91. The number of halogens is 3. The van der Waals surface area contributed by atoms with Crippen LogP contribution in [0.1, 0.15) is 15.4 Å². The molecule has 0 radical (unpaired) electrons. The molecule has 2 aromatic heterocycles. The SMILES string of the molecule is O=C(c1cn(CCc2cccs2)nn1)C(F)(F)F. The number of alkyl halides is 3. The topological polar surface area (TPSA) is 47.8 Å². The van der Waals surface area contributed by atoms with E-state index in [2.05, 4.69) is 10.3 Å². The molecule has 2 aromatic rings. The van der Waals surface area contributed by atoms with E-state index in [0.29, 0.717) is 13.0 Å². The van der Waals surface area contributed by atoms with Crippen LogP contribution in [0.25, 0.3) is 0 Å². The summed E-state index contributed by atoms with van der Waals surface area (Å²) >= 11 is 1.55. The number of carbonyl (C=O) groups excluding carboxylic acids is 1. The molecule has 0 saturated carbocycles. The number of Topliss-reactive ketones (excluding diaryl/α,β-unsaturated/α-hetero) is 1. The van der Waals surface area contributed by atoms with Gasteiger partial charge in [0, 0.05) is 17.8 Å². The van der Waals surface area contributed by atoms with Gasteiger partial charge in [-0.1, -0.05) is 11.3 Å². The van der Waals surface area contributed by atoms with Crippen LogP contribution in [0, 0.1) is 0 Å². The zero-order chi connectivity index (χ0) is 13.2. The maximum Gasteiger partial charge on any atom is 0.456 e. The highest BCUT2D eigenvalue weighted by atomic mass is 32.1. The van der Waals surface area contributed by atoms with Crippen molar-refractivity contribution in [1.29, 1.82) is 0 Å². The van der Waals surface area contributed by atoms with E-state index in [4.69, 9.17) is 0 Å². The van der Waals surface area contributed by atoms with Crippen molar-refractivity contribution in [1.82, 2.24) is 15.0 Å². The molecule has 2 heterocycles. The molecule has 0 atom stereocenters. The maximum atomic E-state index is 12.1. The molecule has 0 aliphatic heterocycles. The number of ketones is 1. The highest BCUT2D eigenvalue weighted by molar-refractivity contribution is 7.09. The second-order valence-electron chi connectivity index (χ2n) is 3.52. The summed E-state index contributed by atoms with van der Waals surface area (Å²) in [5, 5.41) is 8.64. The normalized spacial score (nSPS) is 11.7. The van der Waals surface area contributed by atoms with Gasteiger partial charge in [-0.2, -0.15) is 13.2 Å². The highest BCUT2D eigenvalue weighted by Crippen LogP contribution is 2.20. The lowest BCUT2D eigenvalue weighted by Gasteiger charge is -2.00. The van der Waals surface area contributed by atoms with Crippen LogP contribution in [0.5, 0.6) is 0 Å². The van der Waals surface area contributed by atoms with Crippen LogP contribution in [0.15, 0.2) is 23.7 Å². The van der Waals surface area contributed by atoms with E-state index in [9.17, 15) is 18.0 Å². The Labute approximate surface area is 104 Å². The summed E-state index contributed by atoms with van der Waals surface area (Å²) in [4.78, 5) is 12.0. The fraction of sp³-hybridized carbons (Fsp3) is 0.300. The van der Waals surface area contributed by atoms with Crippen molar-refractivity contribution < 1.29 is 18.0 Å². The summed E-state index contributed by atoms with van der Waals surface area (Å²) in [6, 6.07) is 3.81. The first-order valence-electron chi connectivity index (χ1n) is 5.01. The number of aryl methyl sites for hydroxylation is 2. The Morgan fingerprint density at radius 3 is 2.83 bits per heavy atom. The molecule has 0 spiro atoms. The first-order valence-corrected chi connectivity index (χ1v) is 5.89. The van der Waals surface area contributed by atoms with Crippen LogP contribution < -0.4 is 0 Å². The van der Waals surface area contributed by atoms with Crippen LogP contribution in [0.2, 0.25) is 0 Å². The summed E-state index contributed by atoms with van der Waals surface area (Å²) in [5.74, 6) is -1.97. The molecule has 0 aliphatic carbocycles. The summed E-state index contributed by atoms with van der Waals surface area (Å²) in [5.41, 5.74) is -0.673. The molecule has 0 aromatic carbocycles.